The van der Waals surface area contributed by atoms with Gasteiger partial charge in [-0.2, -0.15) is 0 Å². The van der Waals surface area contributed by atoms with Gasteiger partial charge < -0.3 is 9.30 Å². The van der Waals surface area contributed by atoms with Crippen LogP contribution in [-0.2, 0) is 6.54 Å². The van der Waals surface area contributed by atoms with E-state index in [9.17, 15) is 0 Å². The van der Waals surface area contributed by atoms with Crippen LogP contribution >= 0.6 is 0 Å². The van der Waals surface area contributed by atoms with Crippen LogP contribution in [0.2, 0.25) is 0 Å². The summed E-state index contributed by atoms with van der Waals surface area (Å²) in [7, 11) is 1.69. The van der Waals surface area contributed by atoms with Crippen LogP contribution in [0, 0.1) is 13.8 Å². The lowest BCUT2D eigenvalue weighted by Gasteiger charge is -2.08. The first-order valence-corrected chi connectivity index (χ1v) is 9.28. The minimum Gasteiger partial charge on any atom is -0.497 e. The summed E-state index contributed by atoms with van der Waals surface area (Å²) in [6.45, 7) is 4.92. The highest BCUT2D eigenvalue weighted by Crippen LogP contribution is 2.32. The van der Waals surface area contributed by atoms with Gasteiger partial charge in [0, 0.05) is 24.3 Å². The van der Waals surface area contributed by atoms with Crippen molar-refractivity contribution in [2.24, 2.45) is 0 Å². The fourth-order valence-corrected chi connectivity index (χ4v) is 3.68. The number of hydrogen-bond donors (Lipinski definition) is 0. The van der Waals surface area contributed by atoms with Gasteiger partial charge in [-0.15, -0.1) is 0 Å². The van der Waals surface area contributed by atoms with E-state index >= 15 is 0 Å². The van der Waals surface area contributed by atoms with Gasteiger partial charge in [0.25, 0.3) is 0 Å². The van der Waals surface area contributed by atoms with Crippen LogP contribution in [0.5, 0.6) is 5.75 Å². The van der Waals surface area contributed by atoms with E-state index in [4.69, 9.17) is 14.7 Å². The van der Waals surface area contributed by atoms with Gasteiger partial charge in [0.05, 0.1) is 23.7 Å². The molecule has 0 fully saturated rings. The highest BCUT2D eigenvalue weighted by atomic mass is 16.5. The summed E-state index contributed by atoms with van der Waals surface area (Å²) < 4.78 is 7.68. The van der Waals surface area contributed by atoms with Crippen molar-refractivity contribution in [2.45, 2.75) is 20.4 Å². The van der Waals surface area contributed by atoms with Gasteiger partial charge >= 0.3 is 0 Å². The van der Waals surface area contributed by atoms with Crippen LogP contribution in [0.15, 0.2) is 54.9 Å². The van der Waals surface area contributed by atoms with Crippen molar-refractivity contribution >= 4 is 33.1 Å². The molecule has 5 nitrogen and oxygen atoms in total. The van der Waals surface area contributed by atoms with Crippen LogP contribution in [0.25, 0.3) is 33.1 Å². The molecule has 5 heteroatoms. The second-order valence-electron chi connectivity index (χ2n) is 7.15. The Bertz CT molecular complexity index is 1340. The van der Waals surface area contributed by atoms with E-state index in [1.165, 1.54) is 16.7 Å². The van der Waals surface area contributed by atoms with E-state index in [1.54, 1.807) is 7.11 Å². The molecular formula is C23H20N4O. The quantitative estimate of drug-likeness (QED) is 0.459. The Balaban J connectivity index is 1.86. The average Bonchev–Trinajstić information content (AvgIpc) is 3.00. The highest BCUT2D eigenvalue weighted by Gasteiger charge is 2.16. The Morgan fingerprint density at radius 1 is 0.893 bits per heavy atom. The number of hydrogen-bond acceptors (Lipinski definition) is 4. The molecule has 0 saturated carbocycles. The molecule has 0 aliphatic carbocycles. The second kappa shape index (κ2) is 6.30. The molecule has 0 saturated heterocycles. The summed E-state index contributed by atoms with van der Waals surface area (Å²) in [5.41, 5.74) is 8.33. The summed E-state index contributed by atoms with van der Waals surface area (Å²) in [4.78, 5) is 14.1. The number of benzene rings is 2. The fourth-order valence-electron chi connectivity index (χ4n) is 3.68. The zero-order valence-corrected chi connectivity index (χ0v) is 16.1. The van der Waals surface area contributed by atoms with Gasteiger partial charge in [0.15, 0.2) is 5.65 Å². The average molecular weight is 368 g/mol. The van der Waals surface area contributed by atoms with Gasteiger partial charge in [0.1, 0.15) is 11.3 Å². The minimum absolute atomic E-state index is 0.708. The zero-order chi connectivity index (χ0) is 19.3. The molecule has 0 aliphatic heterocycles. The lowest BCUT2D eigenvalue weighted by Crippen LogP contribution is -2.01. The number of methoxy groups -OCH3 is 1. The molecule has 3 aromatic heterocycles. The maximum atomic E-state index is 5.46. The summed E-state index contributed by atoms with van der Waals surface area (Å²) in [6, 6.07) is 14.4. The van der Waals surface area contributed by atoms with E-state index in [2.05, 4.69) is 41.6 Å². The summed E-state index contributed by atoms with van der Waals surface area (Å²) in [5, 5.41) is 1.05. The van der Waals surface area contributed by atoms with Crippen molar-refractivity contribution < 1.29 is 4.74 Å². The summed E-state index contributed by atoms with van der Waals surface area (Å²) >= 11 is 0. The SMILES string of the molecule is COc1ccc2c(c1)c1nc3cc(C)c(C)cc3nc1n2Cc1ccncc1. The van der Waals surface area contributed by atoms with E-state index in [0.717, 1.165) is 38.8 Å². The number of pyridine rings is 1. The lowest BCUT2D eigenvalue weighted by molar-refractivity contribution is 0.415. The van der Waals surface area contributed by atoms with Crippen molar-refractivity contribution in [3.05, 3.63) is 71.5 Å². The van der Waals surface area contributed by atoms with Crippen LogP contribution in [0.4, 0.5) is 0 Å². The summed E-state index contributed by atoms with van der Waals surface area (Å²) in [6.07, 6.45) is 3.64. The molecule has 0 bridgehead atoms. The van der Waals surface area contributed by atoms with Gasteiger partial charge in [0.2, 0.25) is 0 Å². The Labute approximate surface area is 162 Å². The van der Waals surface area contributed by atoms with E-state index in [0.29, 0.717) is 6.54 Å². The highest BCUT2D eigenvalue weighted by molar-refractivity contribution is 6.07. The molecule has 28 heavy (non-hydrogen) atoms. The van der Waals surface area contributed by atoms with E-state index in [-0.39, 0.29) is 0 Å². The number of rotatable bonds is 3. The van der Waals surface area contributed by atoms with Gasteiger partial charge in [-0.05, 0) is 73.0 Å². The minimum atomic E-state index is 0.708. The number of aryl methyl sites for hydroxylation is 2. The molecule has 0 spiro atoms. The third-order valence-corrected chi connectivity index (χ3v) is 5.36. The van der Waals surface area contributed by atoms with Crippen molar-refractivity contribution in [3.8, 4) is 5.75 Å². The van der Waals surface area contributed by atoms with Crippen LogP contribution < -0.4 is 4.74 Å². The number of aromatic nitrogens is 4. The fraction of sp³-hybridized carbons (Fsp3) is 0.174. The molecule has 0 unspecified atom stereocenters. The predicted molar refractivity (Wildman–Crippen MR) is 112 cm³/mol. The Kier molecular flexibility index (Phi) is 3.76. The van der Waals surface area contributed by atoms with Crippen molar-refractivity contribution in [1.29, 1.82) is 0 Å². The molecular weight excluding hydrogens is 348 g/mol. The van der Waals surface area contributed by atoms with Crippen LogP contribution in [-0.4, -0.2) is 26.6 Å². The third-order valence-electron chi connectivity index (χ3n) is 5.36. The van der Waals surface area contributed by atoms with Crippen molar-refractivity contribution in [2.75, 3.05) is 7.11 Å². The van der Waals surface area contributed by atoms with E-state index in [1.807, 2.05) is 36.7 Å². The molecule has 0 aliphatic rings. The first-order valence-electron chi connectivity index (χ1n) is 9.28. The van der Waals surface area contributed by atoms with Crippen LogP contribution in [0.1, 0.15) is 16.7 Å². The maximum absolute atomic E-state index is 5.46. The second-order valence-corrected chi connectivity index (χ2v) is 7.15. The first kappa shape index (κ1) is 16.7. The Hall–Kier alpha value is -3.47. The smallest absolute Gasteiger partial charge is 0.160 e. The van der Waals surface area contributed by atoms with Crippen LogP contribution in [0.3, 0.4) is 0 Å². The summed E-state index contributed by atoms with van der Waals surface area (Å²) in [5.74, 6) is 0.817. The number of nitrogens with zero attached hydrogens (tertiary/aromatic N) is 4. The van der Waals surface area contributed by atoms with Gasteiger partial charge in [-0.25, -0.2) is 9.97 Å². The standard InChI is InChI=1S/C23H20N4O/c1-14-10-19-20(11-15(14)2)26-23-22(25-19)18-12-17(28-3)4-5-21(18)27(23)13-16-6-8-24-9-7-16/h4-12H,13H2,1-3H3. The van der Waals surface area contributed by atoms with E-state index < -0.39 is 0 Å². The lowest BCUT2D eigenvalue weighted by atomic mass is 10.1. The Morgan fingerprint density at radius 2 is 1.61 bits per heavy atom. The third kappa shape index (κ3) is 2.59. The van der Waals surface area contributed by atoms with Crippen molar-refractivity contribution in [1.82, 2.24) is 19.5 Å². The normalized spacial score (nSPS) is 11.5. The molecule has 0 amide bonds. The largest absolute Gasteiger partial charge is 0.497 e. The predicted octanol–water partition coefficient (Wildman–Crippen LogP) is 4.81. The first-order chi connectivity index (χ1) is 13.6. The maximum Gasteiger partial charge on any atom is 0.160 e. The van der Waals surface area contributed by atoms with Gasteiger partial charge in [-0.1, -0.05) is 0 Å². The molecule has 5 rings (SSSR count). The van der Waals surface area contributed by atoms with Gasteiger partial charge in [-0.3, -0.25) is 4.98 Å². The number of fused-ring (bicyclic) bond motifs is 4. The molecule has 2 aromatic carbocycles. The monoisotopic (exact) mass is 368 g/mol. The molecule has 3 heterocycles. The topological polar surface area (TPSA) is 52.8 Å². The Morgan fingerprint density at radius 3 is 2.32 bits per heavy atom. The molecule has 138 valence electrons. The zero-order valence-electron chi connectivity index (χ0n) is 16.1. The molecule has 0 N–H and O–H groups in total. The molecule has 0 radical (unpaired) electrons. The van der Waals surface area contributed by atoms with Crippen molar-refractivity contribution in [3.63, 3.8) is 0 Å². The molecule has 0 atom stereocenters. The number of ether oxygens (including phenoxy) is 1. The molecule has 5 aromatic rings.